The molecular formula is C13H17NOSi. The Morgan fingerprint density at radius 3 is 2.19 bits per heavy atom. The maximum atomic E-state index is 11.5. The lowest BCUT2D eigenvalue weighted by molar-refractivity contribution is -0.113. The van der Waals surface area contributed by atoms with Gasteiger partial charge in [-0.25, -0.2) is 4.99 Å². The maximum Gasteiger partial charge on any atom is 0.160 e. The van der Waals surface area contributed by atoms with E-state index in [1.165, 1.54) is 0 Å². The third-order valence-corrected chi connectivity index (χ3v) is 4.12. The van der Waals surface area contributed by atoms with Crippen molar-refractivity contribution in [2.45, 2.75) is 26.6 Å². The Morgan fingerprint density at radius 1 is 1.19 bits per heavy atom. The van der Waals surface area contributed by atoms with Crippen molar-refractivity contribution in [1.29, 1.82) is 0 Å². The monoisotopic (exact) mass is 231 g/mol. The minimum absolute atomic E-state index is 0.0823. The third-order valence-electron chi connectivity index (χ3n) is 2.16. The number of aliphatic imine (C=N–C) groups is 1. The predicted octanol–water partition coefficient (Wildman–Crippen LogP) is 3.38. The second kappa shape index (κ2) is 5.06. The van der Waals surface area contributed by atoms with Gasteiger partial charge in [-0.15, -0.1) is 0 Å². The van der Waals surface area contributed by atoms with Gasteiger partial charge in [0.25, 0.3) is 0 Å². The molecule has 0 radical (unpaired) electrons. The van der Waals surface area contributed by atoms with Gasteiger partial charge in [-0.05, 0) is 24.9 Å². The number of Topliss-reactive ketones (excluding diaryl/α,β-unsaturated/α-hetero) is 1. The van der Waals surface area contributed by atoms with E-state index in [1.54, 1.807) is 6.92 Å². The lowest BCUT2D eigenvalue weighted by Crippen LogP contribution is -2.28. The number of benzene rings is 1. The summed E-state index contributed by atoms with van der Waals surface area (Å²) in [6, 6.07) is 9.57. The van der Waals surface area contributed by atoms with E-state index in [0.29, 0.717) is 0 Å². The van der Waals surface area contributed by atoms with Gasteiger partial charge in [-0.2, -0.15) is 0 Å². The second-order valence-corrected chi connectivity index (χ2v) is 9.74. The van der Waals surface area contributed by atoms with Crippen LogP contribution in [0.25, 0.3) is 0 Å². The van der Waals surface area contributed by atoms with E-state index in [0.717, 1.165) is 10.9 Å². The number of ketones is 1. The highest BCUT2D eigenvalue weighted by atomic mass is 28.3. The molecule has 0 saturated heterocycles. The zero-order valence-electron chi connectivity index (χ0n) is 10.2. The second-order valence-electron chi connectivity index (χ2n) is 4.74. The number of rotatable bonds is 3. The Morgan fingerprint density at radius 2 is 1.75 bits per heavy atom. The van der Waals surface area contributed by atoms with Gasteiger partial charge in [0.05, 0.1) is 13.8 Å². The summed E-state index contributed by atoms with van der Waals surface area (Å²) in [5, 5.41) is 0.761. The molecule has 2 nitrogen and oxygen atoms in total. The SMILES string of the molecule is CC(=O)C(=C=Nc1ccccc1)[Si](C)(C)C. The minimum Gasteiger partial charge on any atom is -0.295 e. The van der Waals surface area contributed by atoms with Crippen molar-refractivity contribution >= 4 is 25.4 Å². The molecule has 0 fully saturated rings. The maximum absolute atomic E-state index is 11.5. The summed E-state index contributed by atoms with van der Waals surface area (Å²) in [5.41, 5.74) is 0.833. The molecule has 16 heavy (non-hydrogen) atoms. The van der Waals surface area contributed by atoms with Crippen molar-refractivity contribution in [1.82, 2.24) is 0 Å². The number of para-hydroxylation sites is 1. The first-order valence-corrected chi connectivity index (χ1v) is 8.81. The molecule has 0 amide bonds. The Labute approximate surface area is 97.7 Å². The summed E-state index contributed by atoms with van der Waals surface area (Å²) in [4.78, 5) is 15.7. The highest BCUT2D eigenvalue weighted by Gasteiger charge is 2.23. The third kappa shape index (κ3) is 3.61. The molecule has 1 aromatic carbocycles. The fraction of sp³-hybridized carbons (Fsp3) is 0.308. The standard InChI is InChI=1S/C13H17NOSi/c1-11(15)13(16(2,3)4)10-14-12-8-6-5-7-9-12/h5-9H,1-4H3. The molecule has 0 heterocycles. The Kier molecular flexibility index (Phi) is 3.99. The summed E-state index contributed by atoms with van der Waals surface area (Å²) in [6.07, 6.45) is 0. The van der Waals surface area contributed by atoms with Crippen LogP contribution < -0.4 is 0 Å². The molecule has 0 unspecified atom stereocenters. The van der Waals surface area contributed by atoms with Crippen molar-refractivity contribution in [3.05, 3.63) is 35.5 Å². The molecule has 0 saturated carbocycles. The molecule has 0 aliphatic heterocycles. The zero-order valence-corrected chi connectivity index (χ0v) is 11.2. The van der Waals surface area contributed by atoms with E-state index < -0.39 is 8.07 Å². The minimum atomic E-state index is -1.64. The normalized spacial score (nSPS) is 10.5. The van der Waals surface area contributed by atoms with E-state index in [-0.39, 0.29) is 5.78 Å². The van der Waals surface area contributed by atoms with Crippen molar-refractivity contribution in [3.8, 4) is 0 Å². The molecule has 3 heteroatoms. The van der Waals surface area contributed by atoms with E-state index in [2.05, 4.69) is 30.5 Å². The highest BCUT2D eigenvalue weighted by Crippen LogP contribution is 2.14. The quantitative estimate of drug-likeness (QED) is 0.445. The first kappa shape index (κ1) is 12.6. The van der Waals surface area contributed by atoms with Crippen LogP contribution in [0, 0.1) is 0 Å². The molecule has 0 aliphatic rings. The number of nitrogens with zero attached hydrogens (tertiary/aromatic N) is 1. The van der Waals surface area contributed by atoms with Gasteiger partial charge in [0.15, 0.2) is 5.78 Å². The summed E-state index contributed by atoms with van der Waals surface area (Å²) in [5.74, 6) is 3.01. The first-order valence-electron chi connectivity index (χ1n) is 5.31. The van der Waals surface area contributed by atoms with Gasteiger partial charge in [0, 0.05) is 5.20 Å². The van der Waals surface area contributed by atoms with Crippen molar-refractivity contribution in [2.24, 2.45) is 4.99 Å². The fourth-order valence-electron chi connectivity index (χ4n) is 1.40. The molecule has 0 bridgehead atoms. The molecule has 1 aromatic rings. The van der Waals surface area contributed by atoms with Crippen LogP contribution in [0.3, 0.4) is 0 Å². The van der Waals surface area contributed by atoms with Crippen LogP contribution in [-0.4, -0.2) is 19.7 Å². The van der Waals surface area contributed by atoms with Gasteiger partial charge < -0.3 is 0 Å². The first-order chi connectivity index (χ1) is 7.41. The number of allylic oxidation sites excluding steroid dienone is 1. The van der Waals surface area contributed by atoms with Gasteiger partial charge in [-0.1, -0.05) is 37.8 Å². The van der Waals surface area contributed by atoms with Crippen molar-refractivity contribution in [2.75, 3.05) is 0 Å². The molecule has 0 aromatic heterocycles. The number of carbonyl (C=O) groups is 1. The van der Waals surface area contributed by atoms with Crippen LogP contribution in [0.5, 0.6) is 0 Å². The Balaban J connectivity index is 3.14. The Bertz CT molecular complexity index is 437. The average Bonchev–Trinajstić information content (AvgIpc) is 2.17. The summed E-state index contributed by atoms with van der Waals surface area (Å²) in [7, 11) is -1.64. The van der Waals surface area contributed by atoms with Gasteiger partial charge in [0.1, 0.15) is 0 Å². The van der Waals surface area contributed by atoms with E-state index >= 15 is 0 Å². The van der Waals surface area contributed by atoms with Crippen molar-refractivity contribution in [3.63, 3.8) is 0 Å². The van der Waals surface area contributed by atoms with Gasteiger partial charge in [-0.3, -0.25) is 4.79 Å². The molecule has 0 atom stereocenters. The number of hydrogen-bond donors (Lipinski definition) is 0. The van der Waals surface area contributed by atoms with Crippen LogP contribution in [0.2, 0.25) is 19.6 Å². The molecule has 1 rings (SSSR count). The smallest absolute Gasteiger partial charge is 0.160 e. The largest absolute Gasteiger partial charge is 0.295 e. The van der Waals surface area contributed by atoms with Crippen LogP contribution in [0.1, 0.15) is 6.92 Å². The molecular weight excluding hydrogens is 214 g/mol. The topological polar surface area (TPSA) is 29.4 Å². The average molecular weight is 231 g/mol. The summed E-state index contributed by atoms with van der Waals surface area (Å²) in [6.45, 7) is 7.95. The zero-order chi connectivity index (χ0) is 12.2. The van der Waals surface area contributed by atoms with Crippen molar-refractivity contribution < 1.29 is 4.79 Å². The van der Waals surface area contributed by atoms with E-state index in [4.69, 9.17) is 0 Å². The number of carbonyl (C=O) groups excluding carboxylic acids is 1. The van der Waals surface area contributed by atoms with E-state index in [1.807, 2.05) is 30.3 Å². The molecule has 0 spiro atoms. The summed E-state index contributed by atoms with van der Waals surface area (Å²) >= 11 is 0. The van der Waals surface area contributed by atoms with Crippen LogP contribution in [0.15, 0.2) is 40.5 Å². The highest BCUT2D eigenvalue weighted by molar-refractivity contribution is 6.88. The molecule has 0 aliphatic carbocycles. The lowest BCUT2D eigenvalue weighted by Gasteiger charge is -2.14. The fourth-order valence-corrected chi connectivity index (χ4v) is 2.85. The predicted molar refractivity (Wildman–Crippen MR) is 71.1 cm³/mol. The van der Waals surface area contributed by atoms with Crippen LogP contribution in [0.4, 0.5) is 5.69 Å². The van der Waals surface area contributed by atoms with Crippen LogP contribution in [-0.2, 0) is 4.79 Å². The van der Waals surface area contributed by atoms with Gasteiger partial charge in [0.2, 0.25) is 0 Å². The number of hydrogen-bond acceptors (Lipinski definition) is 2. The lowest BCUT2D eigenvalue weighted by atomic mass is 10.3. The van der Waals surface area contributed by atoms with Crippen LogP contribution >= 0.6 is 0 Å². The molecule has 0 N–H and O–H groups in total. The summed E-state index contributed by atoms with van der Waals surface area (Å²) < 4.78 is 0. The van der Waals surface area contributed by atoms with E-state index in [9.17, 15) is 4.79 Å². The molecule has 84 valence electrons. The van der Waals surface area contributed by atoms with Gasteiger partial charge >= 0.3 is 0 Å². The Hall–Kier alpha value is -1.44.